The maximum Gasteiger partial charge on any atom is 0.309 e. The van der Waals surface area contributed by atoms with E-state index in [0.717, 1.165) is 11.3 Å². The Hall–Kier alpha value is -1.29. The molecule has 0 unspecified atom stereocenters. The summed E-state index contributed by atoms with van der Waals surface area (Å²) in [5.74, 6) is 1.40. The number of rotatable bonds is 5. The van der Waals surface area contributed by atoms with Gasteiger partial charge in [0.05, 0.1) is 13.5 Å². The van der Waals surface area contributed by atoms with Crippen LogP contribution in [0.4, 0.5) is 0 Å². The van der Waals surface area contributed by atoms with Crippen molar-refractivity contribution >= 4 is 14.3 Å². The molecule has 0 aromatic heterocycles. The zero-order valence-corrected chi connectivity index (χ0v) is 15.7. The van der Waals surface area contributed by atoms with E-state index in [-0.39, 0.29) is 11.0 Å². The predicted octanol–water partition coefficient (Wildman–Crippen LogP) is 4.66. The van der Waals surface area contributed by atoms with Crippen molar-refractivity contribution in [2.24, 2.45) is 0 Å². The first-order valence-corrected chi connectivity index (χ1v) is 10.9. The third-order valence-electron chi connectivity index (χ3n) is 4.84. The summed E-state index contributed by atoms with van der Waals surface area (Å²) >= 11 is 0. The molecule has 0 spiro atoms. The van der Waals surface area contributed by atoms with Gasteiger partial charge in [0.15, 0.2) is 0 Å². The Morgan fingerprint density at radius 2 is 1.91 bits per heavy atom. The Balaban J connectivity index is 2.30. The molecule has 0 bridgehead atoms. The minimum atomic E-state index is -1.88. The molecule has 1 aliphatic carbocycles. The van der Waals surface area contributed by atoms with Crippen molar-refractivity contribution in [2.75, 3.05) is 7.11 Å². The number of carbonyl (C=O) groups is 1. The molecule has 3 nitrogen and oxygen atoms in total. The Kier molecular flexibility index (Phi) is 4.71. The van der Waals surface area contributed by atoms with E-state index >= 15 is 0 Å². The Morgan fingerprint density at radius 1 is 1.27 bits per heavy atom. The van der Waals surface area contributed by atoms with Crippen molar-refractivity contribution in [3.63, 3.8) is 0 Å². The van der Waals surface area contributed by atoms with E-state index in [4.69, 9.17) is 9.16 Å². The van der Waals surface area contributed by atoms with Crippen LogP contribution < -0.4 is 4.43 Å². The number of benzene rings is 1. The number of methoxy groups -OCH3 is 1. The van der Waals surface area contributed by atoms with Crippen LogP contribution in [0.15, 0.2) is 18.2 Å². The first-order chi connectivity index (χ1) is 10.1. The molecule has 1 aromatic rings. The van der Waals surface area contributed by atoms with E-state index in [1.54, 1.807) is 0 Å². The van der Waals surface area contributed by atoms with E-state index < -0.39 is 8.32 Å². The van der Waals surface area contributed by atoms with Crippen LogP contribution in [0.2, 0.25) is 18.1 Å². The number of hydrogen-bond acceptors (Lipinski definition) is 3. The van der Waals surface area contributed by atoms with Crippen LogP contribution in [0.25, 0.3) is 0 Å². The normalized spacial score (nSPS) is 15.5. The van der Waals surface area contributed by atoms with Crippen LogP contribution in [0, 0.1) is 0 Å². The summed E-state index contributed by atoms with van der Waals surface area (Å²) < 4.78 is 11.3. The summed E-state index contributed by atoms with van der Waals surface area (Å²) in [5.41, 5.74) is 2.27. The standard InChI is InChI=1S/C18H28O3Si/c1-18(2,3)22(5,6)21-16-11-13(12-17(19)20-4)7-10-15(16)14-8-9-14/h7,10-11,14H,8-9,12H2,1-6H3. The van der Waals surface area contributed by atoms with Crippen molar-refractivity contribution in [3.8, 4) is 5.75 Å². The van der Waals surface area contributed by atoms with E-state index in [2.05, 4.69) is 39.9 Å². The molecule has 0 amide bonds. The minimum absolute atomic E-state index is 0.159. The number of esters is 1. The lowest BCUT2D eigenvalue weighted by Crippen LogP contribution is -2.44. The lowest BCUT2D eigenvalue weighted by Gasteiger charge is -2.37. The van der Waals surface area contributed by atoms with Crippen LogP contribution in [0.3, 0.4) is 0 Å². The fourth-order valence-electron chi connectivity index (χ4n) is 2.18. The van der Waals surface area contributed by atoms with Gasteiger partial charge in [-0.2, -0.15) is 0 Å². The highest BCUT2D eigenvalue weighted by Gasteiger charge is 2.40. The molecule has 0 radical (unpaired) electrons. The van der Waals surface area contributed by atoms with Gasteiger partial charge in [-0.05, 0) is 54.1 Å². The number of ether oxygens (including phenoxy) is 1. The van der Waals surface area contributed by atoms with Crippen LogP contribution in [-0.4, -0.2) is 21.4 Å². The monoisotopic (exact) mass is 320 g/mol. The quantitative estimate of drug-likeness (QED) is 0.584. The van der Waals surface area contributed by atoms with E-state index in [1.807, 2.05) is 12.1 Å². The fraction of sp³-hybridized carbons (Fsp3) is 0.611. The van der Waals surface area contributed by atoms with Gasteiger partial charge in [0, 0.05) is 0 Å². The zero-order valence-electron chi connectivity index (χ0n) is 14.7. The van der Waals surface area contributed by atoms with Crippen molar-refractivity contribution in [1.29, 1.82) is 0 Å². The van der Waals surface area contributed by atoms with Crippen LogP contribution in [-0.2, 0) is 16.0 Å². The molecule has 4 heteroatoms. The lowest BCUT2D eigenvalue weighted by molar-refractivity contribution is -0.139. The van der Waals surface area contributed by atoms with E-state index in [0.29, 0.717) is 12.3 Å². The van der Waals surface area contributed by atoms with Crippen LogP contribution >= 0.6 is 0 Å². The number of carbonyl (C=O) groups excluding carboxylic acids is 1. The van der Waals surface area contributed by atoms with Gasteiger partial charge in [-0.3, -0.25) is 4.79 Å². The van der Waals surface area contributed by atoms with Crippen molar-refractivity contribution in [2.45, 2.75) is 64.1 Å². The van der Waals surface area contributed by atoms with Gasteiger partial charge >= 0.3 is 5.97 Å². The molecule has 22 heavy (non-hydrogen) atoms. The molecule has 0 saturated heterocycles. The molecule has 0 atom stereocenters. The summed E-state index contributed by atoms with van der Waals surface area (Å²) in [5, 5.41) is 0.159. The highest BCUT2D eigenvalue weighted by molar-refractivity contribution is 6.74. The molecule has 2 rings (SSSR count). The van der Waals surface area contributed by atoms with Crippen molar-refractivity contribution < 1.29 is 14.0 Å². The van der Waals surface area contributed by atoms with Gasteiger partial charge in [0.2, 0.25) is 8.32 Å². The highest BCUT2D eigenvalue weighted by atomic mass is 28.4. The third-order valence-corrected chi connectivity index (χ3v) is 9.19. The molecule has 1 saturated carbocycles. The second kappa shape index (κ2) is 6.07. The Bertz CT molecular complexity index is 554. The highest BCUT2D eigenvalue weighted by Crippen LogP contribution is 2.46. The lowest BCUT2D eigenvalue weighted by atomic mass is 10.0. The average Bonchev–Trinajstić information content (AvgIpc) is 3.21. The molecular weight excluding hydrogens is 292 g/mol. The van der Waals surface area contributed by atoms with Gasteiger partial charge in [-0.15, -0.1) is 0 Å². The Labute approximate surface area is 135 Å². The fourth-order valence-corrected chi connectivity index (χ4v) is 3.21. The van der Waals surface area contributed by atoms with E-state index in [1.165, 1.54) is 25.5 Å². The molecule has 0 aliphatic heterocycles. The molecule has 1 aliphatic rings. The molecule has 0 N–H and O–H groups in total. The maximum absolute atomic E-state index is 11.5. The predicted molar refractivity (Wildman–Crippen MR) is 92.0 cm³/mol. The SMILES string of the molecule is COC(=O)Cc1ccc(C2CC2)c(O[Si](C)(C)C(C)(C)C)c1. The minimum Gasteiger partial charge on any atom is -0.543 e. The second-order valence-electron chi connectivity index (χ2n) is 7.76. The topological polar surface area (TPSA) is 35.5 Å². The van der Waals surface area contributed by atoms with Crippen LogP contribution in [0.5, 0.6) is 5.75 Å². The first kappa shape index (κ1) is 17.1. The molecular formula is C18H28O3Si. The number of hydrogen-bond donors (Lipinski definition) is 0. The van der Waals surface area contributed by atoms with Gasteiger partial charge in [0.25, 0.3) is 0 Å². The third kappa shape index (κ3) is 3.91. The van der Waals surface area contributed by atoms with Gasteiger partial charge in [-0.25, -0.2) is 0 Å². The van der Waals surface area contributed by atoms with E-state index in [9.17, 15) is 4.79 Å². The zero-order chi connectivity index (χ0) is 16.5. The molecule has 122 valence electrons. The van der Waals surface area contributed by atoms with Crippen LogP contribution in [0.1, 0.15) is 50.7 Å². The Morgan fingerprint density at radius 3 is 2.41 bits per heavy atom. The van der Waals surface area contributed by atoms with Gasteiger partial charge in [0.1, 0.15) is 5.75 Å². The maximum atomic E-state index is 11.5. The summed E-state index contributed by atoms with van der Waals surface area (Å²) in [6, 6.07) is 6.21. The summed E-state index contributed by atoms with van der Waals surface area (Å²) in [4.78, 5) is 11.5. The summed E-state index contributed by atoms with van der Waals surface area (Å²) in [6.45, 7) is 11.3. The first-order valence-electron chi connectivity index (χ1n) is 8.03. The van der Waals surface area contributed by atoms with Crippen molar-refractivity contribution in [3.05, 3.63) is 29.3 Å². The second-order valence-corrected chi connectivity index (χ2v) is 12.5. The average molecular weight is 321 g/mol. The molecule has 1 fully saturated rings. The van der Waals surface area contributed by atoms with Crippen molar-refractivity contribution in [1.82, 2.24) is 0 Å². The summed E-state index contributed by atoms with van der Waals surface area (Å²) in [6.07, 6.45) is 2.78. The summed E-state index contributed by atoms with van der Waals surface area (Å²) in [7, 11) is -0.458. The molecule has 1 aromatic carbocycles. The smallest absolute Gasteiger partial charge is 0.309 e. The van der Waals surface area contributed by atoms with Gasteiger partial charge in [-0.1, -0.05) is 32.9 Å². The molecule has 0 heterocycles. The largest absolute Gasteiger partial charge is 0.543 e. The van der Waals surface area contributed by atoms with Gasteiger partial charge < -0.3 is 9.16 Å².